The van der Waals surface area contributed by atoms with Crippen LogP contribution in [0.2, 0.25) is 0 Å². The van der Waals surface area contributed by atoms with E-state index < -0.39 is 6.10 Å². The number of hydrogen-bond donors (Lipinski definition) is 2. The van der Waals surface area contributed by atoms with E-state index in [1.165, 1.54) is 25.0 Å². The molecule has 1 amide bonds. The van der Waals surface area contributed by atoms with Gasteiger partial charge in [-0.05, 0) is 49.8 Å². The van der Waals surface area contributed by atoms with Gasteiger partial charge in [0.1, 0.15) is 5.82 Å². The zero-order chi connectivity index (χ0) is 15.5. The molecule has 2 unspecified atom stereocenters. The molecule has 4 nitrogen and oxygen atoms in total. The average molecular weight is 306 g/mol. The van der Waals surface area contributed by atoms with E-state index >= 15 is 0 Å². The number of carbonyl (C=O) groups excluding carboxylic acids is 1. The van der Waals surface area contributed by atoms with Gasteiger partial charge in [0, 0.05) is 18.6 Å². The molecule has 0 aromatic heterocycles. The highest BCUT2D eigenvalue weighted by Crippen LogP contribution is 2.27. The second-order valence-electron chi connectivity index (χ2n) is 6.34. The van der Waals surface area contributed by atoms with Gasteiger partial charge >= 0.3 is 0 Å². The molecule has 2 aliphatic rings. The Labute approximate surface area is 130 Å². The first-order valence-corrected chi connectivity index (χ1v) is 8.10. The summed E-state index contributed by atoms with van der Waals surface area (Å²) in [6.07, 6.45) is 4.10. The van der Waals surface area contributed by atoms with E-state index in [9.17, 15) is 14.3 Å². The fraction of sp³-hybridized carbons (Fsp3) is 0.588. The minimum absolute atomic E-state index is 0.0774. The van der Waals surface area contributed by atoms with Crippen LogP contribution in [0, 0.1) is 5.82 Å². The lowest BCUT2D eigenvalue weighted by Crippen LogP contribution is -2.42. The SMILES string of the molecule is O=C(CNC1CC1)N1CCCC1CC(O)c1ccc(F)cc1. The Bertz CT molecular complexity index is 516. The lowest BCUT2D eigenvalue weighted by molar-refractivity contribution is -0.131. The van der Waals surface area contributed by atoms with Gasteiger partial charge in [-0.3, -0.25) is 4.79 Å². The van der Waals surface area contributed by atoms with Gasteiger partial charge in [0.15, 0.2) is 0 Å². The van der Waals surface area contributed by atoms with Crippen LogP contribution in [0.5, 0.6) is 0 Å². The Hall–Kier alpha value is -1.46. The minimum atomic E-state index is -0.657. The molecule has 1 aromatic carbocycles. The molecule has 0 spiro atoms. The van der Waals surface area contributed by atoms with Crippen molar-refractivity contribution in [1.29, 1.82) is 0 Å². The number of hydrogen-bond acceptors (Lipinski definition) is 3. The van der Waals surface area contributed by atoms with Crippen molar-refractivity contribution in [1.82, 2.24) is 10.2 Å². The summed E-state index contributed by atoms with van der Waals surface area (Å²) in [5, 5.41) is 13.6. The number of nitrogens with zero attached hydrogens (tertiary/aromatic N) is 1. The van der Waals surface area contributed by atoms with Crippen LogP contribution in [0.15, 0.2) is 24.3 Å². The Balaban J connectivity index is 1.55. The van der Waals surface area contributed by atoms with E-state index in [2.05, 4.69) is 5.32 Å². The summed E-state index contributed by atoms with van der Waals surface area (Å²) in [5.41, 5.74) is 0.705. The monoisotopic (exact) mass is 306 g/mol. The predicted molar refractivity (Wildman–Crippen MR) is 81.7 cm³/mol. The number of halogens is 1. The smallest absolute Gasteiger partial charge is 0.236 e. The Morgan fingerprint density at radius 2 is 2.05 bits per heavy atom. The lowest BCUT2D eigenvalue weighted by atomic mass is 10.0. The quantitative estimate of drug-likeness (QED) is 0.845. The number of carbonyl (C=O) groups is 1. The van der Waals surface area contributed by atoms with Gasteiger partial charge in [0.2, 0.25) is 5.91 Å². The second-order valence-corrected chi connectivity index (χ2v) is 6.34. The number of aliphatic hydroxyl groups is 1. The van der Waals surface area contributed by atoms with Gasteiger partial charge in [-0.1, -0.05) is 12.1 Å². The number of benzene rings is 1. The molecule has 2 N–H and O–H groups in total. The number of aliphatic hydroxyl groups excluding tert-OH is 1. The summed E-state index contributed by atoms with van der Waals surface area (Å²) >= 11 is 0. The van der Waals surface area contributed by atoms with Gasteiger partial charge in [-0.25, -0.2) is 4.39 Å². The average Bonchev–Trinajstić information content (AvgIpc) is 3.23. The summed E-state index contributed by atoms with van der Waals surface area (Å²) in [6.45, 7) is 1.17. The summed E-state index contributed by atoms with van der Waals surface area (Å²) < 4.78 is 12.9. The maximum Gasteiger partial charge on any atom is 0.236 e. The van der Waals surface area contributed by atoms with Gasteiger partial charge in [-0.15, -0.1) is 0 Å². The van der Waals surface area contributed by atoms with Gasteiger partial charge in [0.05, 0.1) is 12.6 Å². The first kappa shape index (κ1) is 15.4. The summed E-state index contributed by atoms with van der Waals surface area (Å²) in [7, 11) is 0. The van der Waals surface area contributed by atoms with E-state index in [1.54, 1.807) is 12.1 Å². The van der Waals surface area contributed by atoms with Crippen molar-refractivity contribution in [3.8, 4) is 0 Å². The van der Waals surface area contributed by atoms with Crippen molar-refractivity contribution in [3.63, 3.8) is 0 Å². The van der Waals surface area contributed by atoms with E-state index in [4.69, 9.17) is 0 Å². The molecular weight excluding hydrogens is 283 g/mol. The zero-order valence-corrected chi connectivity index (χ0v) is 12.7. The summed E-state index contributed by atoms with van der Waals surface area (Å²) in [6, 6.07) is 6.53. The van der Waals surface area contributed by atoms with Crippen LogP contribution in [-0.2, 0) is 4.79 Å². The molecule has 2 atom stereocenters. The standard InChI is InChI=1S/C17H23FN2O2/c18-13-5-3-12(4-6-13)16(21)10-15-2-1-9-20(15)17(22)11-19-14-7-8-14/h3-6,14-16,19,21H,1-2,7-11H2. The highest BCUT2D eigenvalue weighted by Gasteiger charge is 2.31. The zero-order valence-electron chi connectivity index (χ0n) is 12.7. The molecule has 0 bridgehead atoms. The fourth-order valence-corrected chi connectivity index (χ4v) is 3.11. The maximum absolute atomic E-state index is 12.9. The third-order valence-electron chi connectivity index (χ3n) is 4.57. The van der Waals surface area contributed by atoms with Crippen LogP contribution < -0.4 is 5.32 Å². The number of likely N-dealkylation sites (tertiary alicyclic amines) is 1. The van der Waals surface area contributed by atoms with Gasteiger partial charge < -0.3 is 15.3 Å². The first-order valence-electron chi connectivity index (χ1n) is 8.10. The minimum Gasteiger partial charge on any atom is -0.388 e. The van der Waals surface area contributed by atoms with Crippen LogP contribution in [0.25, 0.3) is 0 Å². The molecule has 120 valence electrons. The second kappa shape index (κ2) is 6.75. The lowest BCUT2D eigenvalue weighted by Gasteiger charge is -2.27. The normalized spacial score (nSPS) is 22.8. The molecule has 1 aliphatic heterocycles. The molecule has 1 heterocycles. The molecule has 5 heteroatoms. The van der Waals surface area contributed by atoms with Gasteiger partial charge in [-0.2, -0.15) is 0 Å². The first-order chi connectivity index (χ1) is 10.6. The largest absolute Gasteiger partial charge is 0.388 e. The Kier molecular flexibility index (Phi) is 4.74. The Morgan fingerprint density at radius 1 is 1.32 bits per heavy atom. The van der Waals surface area contributed by atoms with Crippen molar-refractivity contribution < 1.29 is 14.3 Å². The Morgan fingerprint density at radius 3 is 2.73 bits per heavy atom. The van der Waals surface area contributed by atoms with E-state index in [0.717, 1.165) is 19.4 Å². The maximum atomic E-state index is 12.9. The van der Waals surface area contributed by atoms with Crippen molar-refractivity contribution >= 4 is 5.91 Å². The molecular formula is C17H23FN2O2. The highest BCUT2D eigenvalue weighted by molar-refractivity contribution is 5.79. The molecule has 22 heavy (non-hydrogen) atoms. The van der Waals surface area contributed by atoms with E-state index in [-0.39, 0.29) is 17.8 Å². The number of nitrogens with one attached hydrogen (secondary N) is 1. The van der Waals surface area contributed by atoms with Gasteiger partial charge in [0.25, 0.3) is 0 Å². The topological polar surface area (TPSA) is 52.6 Å². The number of rotatable bonds is 6. The van der Waals surface area contributed by atoms with Crippen molar-refractivity contribution in [2.75, 3.05) is 13.1 Å². The van der Waals surface area contributed by atoms with Crippen LogP contribution in [-0.4, -0.2) is 41.1 Å². The third-order valence-corrected chi connectivity index (χ3v) is 4.57. The molecule has 1 aromatic rings. The van der Waals surface area contributed by atoms with Crippen molar-refractivity contribution in [2.24, 2.45) is 0 Å². The predicted octanol–water partition coefficient (Wildman–Crippen LogP) is 1.99. The van der Waals surface area contributed by atoms with E-state index in [0.29, 0.717) is 24.6 Å². The van der Waals surface area contributed by atoms with Crippen LogP contribution >= 0.6 is 0 Å². The van der Waals surface area contributed by atoms with Crippen molar-refractivity contribution in [2.45, 2.75) is 50.3 Å². The molecule has 1 saturated heterocycles. The van der Waals surface area contributed by atoms with Crippen LogP contribution in [0.1, 0.15) is 43.8 Å². The van der Waals surface area contributed by atoms with Crippen LogP contribution in [0.4, 0.5) is 4.39 Å². The molecule has 2 fully saturated rings. The summed E-state index contributed by atoms with van der Waals surface area (Å²) in [5.74, 6) is -0.180. The van der Waals surface area contributed by atoms with Crippen LogP contribution in [0.3, 0.4) is 0 Å². The van der Waals surface area contributed by atoms with Crippen molar-refractivity contribution in [3.05, 3.63) is 35.6 Å². The molecule has 3 rings (SSSR count). The highest BCUT2D eigenvalue weighted by atomic mass is 19.1. The third kappa shape index (κ3) is 3.84. The fourth-order valence-electron chi connectivity index (χ4n) is 3.11. The summed E-state index contributed by atoms with van der Waals surface area (Å²) in [4.78, 5) is 14.2. The molecule has 1 aliphatic carbocycles. The number of amides is 1. The van der Waals surface area contributed by atoms with E-state index in [1.807, 2.05) is 4.90 Å². The molecule has 0 radical (unpaired) electrons. The molecule has 1 saturated carbocycles.